The molecule has 4 nitrogen and oxygen atoms in total. The molecule has 144 valence electrons. The standard InChI is InChI=1S/C21H25F2N3O/c1-14(2)17-6-4-5-15(3)20(17)24-21(27)26-11-9-25(10-12-26)19-8-7-16(22)13-18(19)23/h4-8,13-14H,9-12H2,1-3H3,(H,24,27). The van der Waals surface area contributed by atoms with Gasteiger partial charge < -0.3 is 15.1 Å². The van der Waals surface area contributed by atoms with Crippen LogP contribution in [-0.4, -0.2) is 37.1 Å². The zero-order valence-electron chi connectivity index (χ0n) is 15.9. The summed E-state index contributed by atoms with van der Waals surface area (Å²) in [7, 11) is 0. The van der Waals surface area contributed by atoms with Crippen LogP contribution < -0.4 is 10.2 Å². The second-order valence-electron chi connectivity index (χ2n) is 7.19. The van der Waals surface area contributed by atoms with Gasteiger partial charge in [0.05, 0.1) is 5.69 Å². The van der Waals surface area contributed by atoms with Gasteiger partial charge in [0.15, 0.2) is 0 Å². The number of anilines is 2. The highest BCUT2D eigenvalue weighted by atomic mass is 19.1. The van der Waals surface area contributed by atoms with Gasteiger partial charge in [-0.15, -0.1) is 0 Å². The number of piperazine rings is 1. The van der Waals surface area contributed by atoms with Crippen LogP contribution in [0.25, 0.3) is 0 Å². The van der Waals surface area contributed by atoms with Crippen molar-refractivity contribution in [2.45, 2.75) is 26.7 Å². The Morgan fingerprint density at radius 3 is 2.41 bits per heavy atom. The SMILES string of the molecule is Cc1cccc(C(C)C)c1NC(=O)N1CCN(c2ccc(F)cc2F)CC1. The fourth-order valence-corrected chi connectivity index (χ4v) is 3.42. The summed E-state index contributed by atoms with van der Waals surface area (Å²) >= 11 is 0. The predicted molar refractivity (Wildman–Crippen MR) is 104 cm³/mol. The van der Waals surface area contributed by atoms with Gasteiger partial charge in [0.25, 0.3) is 0 Å². The van der Waals surface area contributed by atoms with Gasteiger partial charge in [0.2, 0.25) is 0 Å². The van der Waals surface area contributed by atoms with E-state index < -0.39 is 11.6 Å². The second kappa shape index (κ2) is 7.94. The van der Waals surface area contributed by atoms with E-state index in [0.717, 1.165) is 22.9 Å². The lowest BCUT2D eigenvalue weighted by molar-refractivity contribution is 0.208. The number of halogens is 2. The molecule has 1 fully saturated rings. The number of hydrogen-bond acceptors (Lipinski definition) is 2. The molecule has 0 aliphatic carbocycles. The molecule has 0 spiro atoms. The minimum Gasteiger partial charge on any atom is -0.366 e. The number of hydrogen-bond donors (Lipinski definition) is 1. The Kier molecular flexibility index (Phi) is 5.63. The highest BCUT2D eigenvalue weighted by Crippen LogP contribution is 2.28. The number of carbonyl (C=O) groups excluding carboxylic acids is 1. The quantitative estimate of drug-likeness (QED) is 0.843. The van der Waals surface area contributed by atoms with Crippen molar-refractivity contribution in [1.29, 1.82) is 0 Å². The van der Waals surface area contributed by atoms with Crippen molar-refractivity contribution in [3.8, 4) is 0 Å². The molecule has 1 saturated heterocycles. The van der Waals surface area contributed by atoms with Crippen LogP contribution in [0.5, 0.6) is 0 Å². The maximum Gasteiger partial charge on any atom is 0.321 e. The van der Waals surface area contributed by atoms with Crippen molar-refractivity contribution in [3.05, 3.63) is 59.2 Å². The van der Waals surface area contributed by atoms with Gasteiger partial charge in [0.1, 0.15) is 11.6 Å². The molecule has 27 heavy (non-hydrogen) atoms. The number of nitrogens with zero attached hydrogens (tertiary/aromatic N) is 2. The van der Waals surface area contributed by atoms with Crippen molar-refractivity contribution in [1.82, 2.24) is 4.90 Å². The van der Waals surface area contributed by atoms with Gasteiger partial charge in [-0.05, 0) is 36.1 Å². The monoisotopic (exact) mass is 373 g/mol. The zero-order valence-corrected chi connectivity index (χ0v) is 15.9. The van der Waals surface area contributed by atoms with Crippen LogP contribution >= 0.6 is 0 Å². The molecule has 0 aromatic heterocycles. The van der Waals surface area contributed by atoms with E-state index in [1.165, 1.54) is 12.1 Å². The fraction of sp³-hybridized carbons (Fsp3) is 0.381. The Morgan fingerprint density at radius 2 is 1.78 bits per heavy atom. The molecule has 2 aromatic rings. The smallest absolute Gasteiger partial charge is 0.321 e. The molecule has 0 atom stereocenters. The second-order valence-corrected chi connectivity index (χ2v) is 7.19. The number of benzene rings is 2. The summed E-state index contributed by atoms with van der Waals surface area (Å²) in [5, 5.41) is 3.05. The zero-order chi connectivity index (χ0) is 19.6. The maximum atomic E-state index is 14.0. The number of urea groups is 1. The average molecular weight is 373 g/mol. The number of nitrogens with one attached hydrogen (secondary N) is 1. The van der Waals surface area contributed by atoms with Crippen LogP contribution in [0.4, 0.5) is 25.0 Å². The molecule has 1 N–H and O–H groups in total. The first-order chi connectivity index (χ1) is 12.9. The van der Waals surface area contributed by atoms with Gasteiger partial charge in [-0.2, -0.15) is 0 Å². The molecule has 1 aliphatic heterocycles. The van der Waals surface area contributed by atoms with Crippen molar-refractivity contribution in [3.63, 3.8) is 0 Å². The molecule has 0 unspecified atom stereocenters. The Labute approximate surface area is 158 Å². The Morgan fingerprint density at radius 1 is 1.07 bits per heavy atom. The minimum absolute atomic E-state index is 0.148. The number of rotatable bonds is 3. The van der Waals surface area contributed by atoms with Crippen LogP contribution in [0.3, 0.4) is 0 Å². The summed E-state index contributed by atoms with van der Waals surface area (Å²) in [5.74, 6) is -0.860. The highest BCUT2D eigenvalue weighted by molar-refractivity contribution is 5.91. The molecule has 1 aliphatic rings. The van der Waals surface area contributed by atoms with E-state index in [-0.39, 0.29) is 6.03 Å². The first-order valence-corrected chi connectivity index (χ1v) is 9.22. The lowest BCUT2D eigenvalue weighted by Gasteiger charge is -2.36. The van der Waals surface area contributed by atoms with Crippen LogP contribution in [0.15, 0.2) is 36.4 Å². The summed E-state index contributed by atoms with van der Waals surface area (Å²) in [6.45, 7) is 8.14. The first-order valence-electron chi connectivity index (χ1n) is 9.22. The molecular weight excluding hydrogens is 348 g/mol. The van der Waals surface area contributed by atoms with Crippen molar-refractivity contribution in [2.75, 3.05) is 36.4 Å². The number of aryl methyl sites for hydroxylation is 1. The lowest BCUT2D eigenvalue weighted by atomic mass is 9.98. The Hall–Kier alpha value is -2.63. The first kappa shape index (κ1) is 19.1. The van der Waals surface area contributed by atoms with Crippen LogP contribution in [0, 0.1) is 18.6 Å². The third-order valence-corrected chi connectivity index (χ3v) is 4.98. The Bertz CT molecular complexity index is 830. The largest absolute Gasteiger partial charge is 0.366 e. The van der Waals surface area contributed by atoms with Gasteiger partial charge in [-0.1, -0.05) is 32.0 Å². The minimum atomic E-state index is -0.589. The predicted octanol–water partition coefficient (Wildman–Crippen LogP) is 4.75. The third-order valence-electron chi connectivity index (χ3n) is 4.98. The van der Waals surface area contributed by atoms with Crippen molar-refractivity contribution >= 4 is 17.4 Å². The molecule has 3 rings (SSSR count). The van der Waals surface area contributed by atoms with Gasteiger partial charge in [0, 0.05) is 37.9 Å². The third kappa shape index (κ3) is 4.21. The number of carbonyl (C=O) groups is 1. The van der Waals surface area contributed by atoms with E-state index in [1.54, 1.807) is 4.90 Å². The van der Waals surface area contributed by atoms with E-state index in [0.29, 0.717) is 37.8 Å². The number of amides is 2. The molecule has 1 heterocycles. The highest BCUT2D eigenvalue weighted by Gasteiger charge is 2.24. The molecule has 0 radical (unpaired) electrons. The average Bonchev–Trinajstić information content (AvgIpc) is 2.63. The molecule has 2 amide bonds. The van der Waals surface area contributed by atoms with Crippen LogP contribution in [-0.2, 0) is 0 Å². The van der Waals surface area contributed by atoms with Gasteiger partial charge in [-0.3, -0.25) is 0 Å². The normalized spacial score (nSPS) is 14.6. The van der Waals surface area contributed by atoms with Gasteiger partial charge in [-0.25, -0.2) is 13.6 Å². The van der Waals surface area contributed by atoms with E-state index >= 15 is 0 Å². The summed E-state index contributed by atoms with van der Waals surface area (Å²) in [6, 6.07) is 9.45. The molecule has 0 saturated carbocycles. The summed E-state index contributed by atoms with van der Waals surface area (Å²) in [5.41, 5.74) is 3.37. The molecule has 0 bridgehead atoms. The van der Waals surface area contributed by atoms with E-state index in [2.05, 4.69) is 19.2 Å². The van der Waals surface area contributed by atoms with E-state index in [4.69, 9.17) is 0 Å². The van der Waals surface area contributed by atoms with Crippen molar-refractivity contribution < 1.29 is 13.6 Å². The Balaban J connectivity index is 1.66. The maximum absolute atomic E-state index is 14.0. The lowest BCUT2D eigenvalue weighted by Crippen LogP contribution is -2.50. The number of para-hydroxylation sites is 1. The van der Waals surface area contributed by atoms with E-state index in [1.807, 2.05) is 30.0 Å². The van der Waals surface area contributed by atoms with Gasteiger partial charge >= 0.3 is 6.03 Å². The molecule has 6 heteroatoms. The van der Waals surface area contributed by atoms with Crippen molar-refractivity contribution in [2.24, 2.45) is 0 Å². The molecular formula is C21H25F2N3O. The summed E-state index contributed by atoms with van der Waals surface area (Å²) < 4.78 is 27.1. The summed E-state index contributed by atoms with van der Waals surface area (Å²) in [4.78, 5) is 16.3. The summed E-state index contributed by atoms with van der Waals surface area (Å²) in [6.07, 6.45) is 0. The van der Waals surface area contributed by atoms with Crippen LogP contribution in [0.2, 0.25) is 0 Å². The van der Waals surface area contributed by atoms with Crippen LogP contribution in [0.1, 0.15) is 30.9 Å². The fourth-order valence-electron chi connectivity index (χ4n) is 3.42. The molecule has 2 aromatic carbocycles. The van der Waals surface area contributed by atoms with E-state index in [9.17, 15) is 13.6 Å². The topological polar surface area (TPSA) is 35.6 Å².